The lowest BCUT2D eigenvalue weighted by atomic mass is 10.1. The van der Waals surface area contributed by atoms with Gasteiger partial charge in [-0.25, -0.2) is 18.1 Å². The van der Waals surface area contributed by atoms with E-state index in [9.17, 15) is 18.0 Å². The highest BCUT2D eigenvalue weighted by molar-refractivity contribution is 7.91. The van der Waals surface area contributed by atoms with Gasteiger partial charge in [0, 0.05) is 24.7 Å². The van der Waals surface area contributed by atoms with Crippen molar-refractivity contribution in [2.45, 2.75) is 37.6 Å². The van der Waals surface area contributed by atoms with Crippen molar-refractivity contribution >= 4 is 26.8 Å². The van der Waals surface area contributed by atoms with E-state index in [1.54, 1.807) is 37.3 Å². The number of rotatable bonds is 9. The van der Waals surface area contributed by atoms with Gasteiger partial charge < -0.3 is 14.6 Å². The largest absolute Gasteiger partial charge is 0.474 e. The van der Waals surface area contributed by atoms with Crippen molar-refractivity contribution in [3.8, 4) is 11.9 Å². The molecule has 0 radical (unpaired) electrons. The van der Waals surface area contributed by atoms with E-state index in [0.29, 0.717) is 29.3 Å². The van der Waals surface area contributed by atoms with Gasteiger partial charge in [-0.15, -0.1) is 0 Å². The minimum atomic E-state index is -3.53. The first-order valence-electron chi connectivity index (χ1n) is 11.1. The minimum Gasteiger partial charge on any atom is -0.474 e. The van der Waals surface area contributed by atoms with E-state index >= 15 is 0 Å². The fraction of sp³-hybridized carbons (Fsp3) is 0.333. The molecule has 1 amide bonds. The molecule has 2 heterocycles. The summed E-state index contributed by atoms with van der Waals surface area (Å²) in [5.41, 5.74) is 1.18. The van der Waals surface area contributed by atoms with Crippen LogP contribution in [0.1, 0.15) is 41.3 Å². The Morgan fingerprint density at radius 1 is 1.26 bits per heavy atom. The van der Waals surface area contributed by atoms with Gasteiger partial charge in [0.25, 0.3) is 11.5 Å². The van der Waals surface area contributed by atoms with E-state index in [1.165, 1.54) is 23.9 Å². The molecule has 2 N–H and O–H groups in total. The van der Waals surface area contributed by atoms with Crippen molar-refractivity contribution in [3.05, 3.63) is 69.6 Å². The van der Waals surface area contributed by atoms with Crippen LogP contribution in [-0.2, 0) is 23.1 Å². The SMILES string of the molecule is CCn1c(=O)c(C(=O)NCc2ccc(C#N)cc2)cc2ccnc(OCC3(S(=O)(=O)NC)CC3)c21. The third kappa shape index (κ3) is 4.62. The van der Waals surface area contributed by atoms with Gasteiger partial charge in [-0.05, 0) is 56.6 Å². The van der Waals surface area contributed by atoms with Crippen LogP contribution in [0.3, 0.4) is 0 Å². The molecule has 4 rings (SSSR count). The number of nitrogens with one attached hydrogen (secondary N) is 2. The Morgan fingerprint density at radius 3 is 2.57 bits per heavy atom. The van der Waals surface area contributed by atoms with Crippen LogP contribution in [0.15, 0.2) is 47.4 Å². The number of nitrogens with zero attached hydrogens (tertiary/aromatic N) is 3. The Kier molecular flexibility index (Phi) is 6.60. The van der Waals surface area contributed by atoms with E-state index in [-0.39, 0.29) is 31.1 Å². The molecule has 2 aromatic heterocycles. The van der Waals surface area contributed by atoms with Crippen molar-refractivity contribution in [1.29, 1.82) is 5.26 Å². The highest BCUT2D eigenvalue weighted by Gasteiger charge is 2.55. The van der Waals surface area contributed by atoms with Gasteiger partial charge in [-0.3, -0.25) is 9.59 Å². The summed E-state index contributed by atoms with van der Waals surface area (Å²) in [6.45, 7) is 2.13. The van der Waals surface area contributed by atoms with Gasteiger partial charge in [0.15, 0.2) is 0 Å². The Labute approximate surface area is 202 Å². The monoisotopic (exact) mass is 495 g/mol. The molecule has 0 unspecified atom stereocenters. The lowest BCUT2D eigenvalue weighted by molar-refractivity contribution is 0.0949. The van der Waals surface area contributed by atoms with Crippen molar-refractivity contribution in [3.63, 3.8) is 0 Å². The molecule has 0 spiro atoms. The summed E-state index contributed by atoms with van der Waals surface area (Å²) in [5, 5.41) is 12.2. The smallest absolute Gasteiger partial charge is 0.264 e. The normalized spacial score (nSPS) is 14.3. The van der Waals surface area contributed by atoms with Crippen molar-refractivity contribution in [1.82, 2.24) is 19.6 Å². The Morgan fingerprint density at radius 2 is 1.97 bits per heavy atom. The molecule has 0 atom stereocenters. The zero-order valence-corrected chi connectivity index (χ0v) is 20.2. The fourth-order valence-electron chi connectivity index (χ4n) is 3.89. The lowest BCUT2D eigenvalue weighted by Crippen LogP contribution is -2.38. The molecule has 35 heavy (non-hydrogen) atoms. The van der Waals surface area contributed by atoms with Crippen LogP contribution in [0.25, 0.3) is 10.9 Å². The number of amides is 1. The number of aryl methyl sites for hydroxylation is 1. The third-order valence-electron chi connectivity index (χ3n) is 6.18. The van der Waals surface area contributed by atoms with Crippen molar-refractivity contribution in [2.24, 2.45) is 0 Å². The predicted octanol–water partition coefficient (Wildman–Crippen LogP) is 1.68. The molecular formula is C24H25N5O5S. The van der Waals surface area contributed by atoms with Crippen molar-refractivity contribution < 1.29 is 17.9 Å². The second-order valence-electron chi connectivity index (χ2n) is 8.33. The molecular weight excluding hydrogens is 470 g/mol. The lowest BCUT2D eigenvalue weighted by Gasteiger charge is -2.18. The van der Waals surface area contributed by atoms with Crippen LogP contribution < -0.4 is 20.3 Å². The summed E-state index contributed by atoms with van der Waals surface area (Å²) < 4.78 is 33.3. The average molecular weight is 496 g/mol. The quantitative estimate of drug-likeness (QED) is 0.460. The van der Waals surface area contributed by atoms with E-state index in [1.807, 2.05) is 6.07 Å². The van der Waals surface area contributed by atoms with Crippen LogP contribution in [-0.4, -0.2) is 42.3 Å². The number of ether oxygens (including phenoxy) is 1. The number of sulfonamides is 1. The first-order chi connectivity index (χ1) is 16.7. The fourth-order valence-corrected chi connectivity index (χ4v) is 5.18. The zero-order valence-electron chi connectivity index (χ0n) is 19.4. The molecule has 1 aliphatic carbocycles. The summed E-state index contributed by atoms with van der Waals surface area (Å²) in [6.07, 6.45) is 2.45. The van der Waals surface area contributed by atoms with Crippen molar-refractivity contribution in [2.75, 3.05) is 13.7 Å². The minimum absolute atomic E-state index is 0.0263. The molecule has 1 aromatic carbocycles. The van der Waals surface area contributed by atoms with E-state index in [2.05, 4.69) is 15.0 Å². The van der Waals surface area contributed by atoms with Crippen LogP contribution in [0.5, 0.6) is 5.88 Å². The first-order valence-corrected chi connectivity index (χ1v) is 12.6. The molecule has 10 nitrogen and oxygen atoms in total. The summed E-state index contributed by atoms with van der Waals surface area (Å²) in [5.74, 6) is -0.386. The Bertz CT molecular complexity index is 1490. The maximum atomic E-state index is 13.2. The van der Waals surface area contributed by atoms with Gasteiger partial charge in [0.2, 0.25) is 15.9 Å². The van der Waals surface area contributed by atoms with Crippen LogP contribution in [0.4, 0.5) is 0 Å². The number of aromatic nitrogens is 2. The van der Waals surface area contributed by atoms with E-state index in [0.717, 1.165) is 5.56 Å². The Hall–Kier alpha value is -3.75. The molecule has 11 heteroatoms. The number of fused-ring (bicyclic) bond motifs is 1. The third-order valence-corrected chi connectivity index (χ3v) is 8.39. The predicted molar refractivity (Wildman–Crippen MR) is 129 cm³/mol. The number of carbonyl (C=O) groups is 1. The van der Waals surface area contributed by atoms with Gasteiger partial charge in [0.1, 0.15) is 22.4 Å². The molecule has 0 saturated heterocycles. The van der Waals surface area contributed by atoms with Crippen LogP contribution in [0, 0.1) is 11.3 Å². The highest BCUT2D eigenvalue weighted by atomic mass is 32.2. The molecule has 1 fully saturated rings. The molecule has 0 aliphatic heterocycles. The van der Waals surface area contributed by atoms with Crippen LogP contribution in [0.2, 0.25) is 0 Å². The average Bonchev–Trinajstić information content (AvgIpc) is 3.68. The molecule has 182 valence electrons. The summed E-state index contributed by atoms with van der Waals surface area (Å²) in [6, 6.07) is 12.0. The zero-order chi connectivity index (χ0) is 25.2. The topological polar surface area (TPSA) is 143 Å². The molecule has 0 bridgehead atoms. The number of benzene rings is 1. The maximum Gasteiger partial charge on any atom is 0.264 e. The van der Waals surface area contributed by atoms with Crippen LogP contribution >= 0.6 is 0 Å². The number of nitriles is 1. The number of hydrogen-bond donors (Lipinski definition) is 2. The molecule has 1 aliphatic rings. The number of carbonyl (C=O) groups excluding carboxylic acids is 1. The van der Waals surface area contributed by atoms with Gasteiger partial charge in [-0.2, -0.15) is 5.26 Å². The van der Waals surface area contributed by atoms with Gasteiger partial charge in [0.05, 0.1) is 11.6 Å². The first kappa shape index (κ1) is 24.4. The van der Waals surface area contributed by atoms with E-state index < -0.39 is 26.2 Å². The summed E-state index contributed by atoms with van der Waals surface area (Å²) >= 11 is 0. The van der Waals surface area contributed by atoms with Gasteiger partial charge >= 0.3 is 0 Å². The van der Waals surface area contributed by atoms with E-state index in [4.69, 9.17) is 10.00 Å². The van der Waals surface area contributed by atoms with Gasteiger partial charge in [-0.1, -0.05) is 12.1 Å². The molecule has 1 saturated carbocycles. The highest BCUT2D eigenvalue weighted by Crippen LogP contribution is 2.43. The maximum absolute atomic E-state index is 13.2. The summed E-state index contributed by atoms with van der Waals surface area (Å²) in [7, 11) is -2.16. The summed E-state index contributed by atoms with van der Waals surface area (Å²) in [4.78, 5) is 30.3. The number of pyridine rings is 2. The Balaban J connectivity index is 1.61. The second-order valence-corrected chi connectivity index (χ2v) is 10.6. The number of hydrogen-bond acceptors (Lipinski definition) is 7. The standard InChI is InChI=1S/C24H25N5O5S/c1-3-29-20-18(8-11-27-22(20)34-15-24(9-10-24)35(32,33)26-2)12-19(23(29)31)21(30)28-14-17-6-4-16(13-25)5-7-17/h4-8,11-12,26H,3,9-10,14-15H2,1-2H3,(H,28,30). The second kappa shape index (κ2) is 9.48. The molecule has 3 aromatic rings.